The van der Waals surface area contributed by atoms with Gasteiger partial charge in [0.1, 0.15) is 0 Å². The summed E-state index contributed by atoms with van der Waals surface area (Å²) in [6, 6.07) is 0. The number of esters is 1. The van der Waals surface area contributed by atoms with Crippen molar-refractivity contribution in [2.45, 2.75) is 45.3 Å². The molecule has 0 aromatic carbocycles. The second kappa shape index (κ2) is 6.00. The quantitative estimate of drug-likeness (QED) is 0.685. The van der Waals surface area contributed by atoms with Gasteiger partial charge >= 0.3 is 12.6 Å². The maximum atomic E-state index is 11.9. The van der Waals surface area contributed by atoms with Crippen LogP contribution in [0.4, 0.5) is 8.78 Å². The molecular formula is C10H16F2O3. The highest BCUT2D eigenvalue weighted by Gasteiger charge is 2.28. The highest BCUT2D eigenvalue weighted by atomic mass is 19.3. The van der Waals surface area contributed by atoms with E-state index in [9.17, 15) is 13.6 Å². The van der Waals surface area contributed by atoms with Crippen LogP contribution in [0.3, 0.4) is 0 Å². The normalized spacial score (nSPS) is 26.7. The van der Waals surface area contributed by atoms with Crippen molar-refractivity contribution < 1.29 is 23.0 Å². The average Bonchev–Trinajstić information content (AvgIpc) is 2.18. The molecule has 5 heteroatoms. The summed E-state index contributed by atoms with van der Waals surface area (Å²) in [6.45, 7) is -0.593. The van der Waals surface area contributed by atoms with Gasteiger partial charge in [0.25, 0.3) is 0 Å². The summed E-state index contributed by atoms with van der Waals surface area (Å²) in [5.41, 5.74) is 0. The molecule has 88 valence electrons. The van der Waals surface area contributed by atoms with Crippen molar-refractivity contribution in [2.24, 2.45) is 5.92 Å². The second-order valence-electron chi connectivity index (χ2n) is 3.62. The summed E-state index contributed by atoms with van der Waals surface area (Å²) >= 11 is 0. The summed E-state index contributed by atoms with van der Waals surface area (Å²) in [7, 11) is 0. The zero-order chi connectivity index (χ0) is 11.3. The Labute approximate surface area is 87.7 Å². The molecule has 3 nitrogen and oxygen atoms in total. The third-order valence-electron chi connectivity index (χ3n) is 2.59. The first kappa shape index (κ1) is 12.4. The van der Waals surface area contributed by atoms with Gasteiger partial charge in [-0.05, 0) is 32.6 Å². The van der Waals surface area contributed by atoms with Crippen LogP contribution in [-0.4, -0.2) is 25.3 Å². The van der Waals surface area contributed by atoms with Gasteiger partial charge in [-0.1, -0.05) is 0 Å². The molecule has 0 unspecified atom stereocenters. The van der Waals surface area contributed by atoms with E-state index in [-0.39, 0.29) is 11.9 Å². The zero-order valence-electron chi connectivity index (χ0n) is 8.75. The van der Waals surface area contributed by atoms with Crippen LogP contribution in [0.5, 0.6) is 0 Å². The van der Waals surface area contributed by atoms with Crippen LogP contribution in [-0.2, 0) is 14.3 Å². The molecule has 0 amide bonds. The second-order valence-corrected chi connectivity index (χ2v) is 3.62. The first-order valence-electron chi connectivity index (χ1n) is 5.23. The van der Waals surface area contributed by atoms with Gasteiger partial charge < -0.3 is 9.47 Å². The number of carbonyl (C=O) groups excluding carboxylic acids is 1. The summed E-state index contributed by atoms with van der Waals surface area (Å²) in [5.74, 6) is -0.351. The van der Waals surface area contributed by atoms with Crippen LogP contribution < -0.4 is 0 Å². The van der Waals surface area contributed by atoms with Gasteiger partial charge in [-0.15, -0.1) is 0 Å². The maximum absolute atomic E-state index is 11.9. The molecule has 15 heavy (non-hydrogen) atoms. The lowest BCUT2D eigenvalue weighted by atomic mass is 9.87. The molecule has 1 saturated carbocycles. The van der Waals surface area contributed by atoms with E-state index >= 15 is 0 Å². The Hall–Kier alpha value is -0.710. The lowest BCUT2D eigenvalue weighted by molar-refractivity contribution is -0.174. The van der Waals surface area contributed by atoms with Crippen molar-refractivity contribution in [1.29, 1.82) is 0 Å². The third kappa shape index (κ3) is 4.11. The standard InChI is InChI=1S/C10H16F2O3/c1-2-14-9(13)7-3-5-8(6-4-7)15-10(11)12/h7-8,10H,2-6H2,1H3/t7-,8-. The molecule has 0 spiro atoms. The average molecular weight is 222 g/mol. The Balaban J connectivity index is 2.26. The molecule has 0 atom stereocenters. The van der Waals surface area contributed by atoms with E-state index in [0.717, 1.165) is 0 Å². The fraction of sp³-hybridized carbons (Fsp3) is 0.900. The number of halogens is 2. The predicted molar refractivity (Wildman–Crippen MR) is 49.5 cm³/mol. The van der Waals surface area contributed by atoms with Gasteiger partial charge in [0, 0.05) is 0 Å². The minimum absolute atomic E-state index is 0.137. The lowest BCUT2D eigenvalue weighted by Crippen LogP contribution is -2.28. The van der Waals surface area contributed by atoms with E-state index < -0.39 is 12.7 Å². The maximum Gasteiger partial charge on any atom is 0.345 e. The topological polar surface area (TPSA) is 35.5 Å². The zero-order valence-corrected chi connectivity index (χ0v) is 8.75. The number of ether oxygens (including phenoxy) is 2. The van der Waals surface area contributed by atoms with Crippen molar-refractivity contribution in [3.8, 4) is 0 Å². The van der Waals surface area contributed by atoms with E-state index in [0.29, 0.717) is 32.3 Å². The molecule has 0 aliphatic heterocycles. The highest BCUT2D eigenvalue weighted by Crippen LogP contribution is 2.28. The molecule has 0 aromatic heterocycles. The van der Waals surface area contributed by atoms with Crippen LogP contribution in [0.2, 0.25) is 0 Å². The molecule has 0 bridgehead atoms. The molecule has 0 N–H and O–H groups in total. The van der Waals surface area contributed by atoms with Crippen molar-refractivity contribution in [3.63, 3.8) is 0 Å². The molecule has 1 aliphatic rings. The van der Waals surface area contributed by atoms with Crippen molar-refractivity contribution in [2.75, 3.05) is 6.61 Å². The summed E-state index contributed by atoms with van der Waals surface area (Å²) < 4.78 is 33.0. The Kier molecular flexibility index (Phi) is 4.94. The predicted octanol–water partition coefficient (Wildman–Crippen LogP) is 2.35. The largest absolute Gasteiger partial charge is 0.466 e. The van der Waals surface area contributed by atoms with Gasteiger partial charge in [-0.2, -0.15) is 8.78 Å². The van der Waals surface area contributed by atoms with E-state index in [2.05, 4.69) is 4.74 Å². The van der Waals surface area contributed by atoms with Gasteiger partial charge in [0.2, 0.25) is 0 Å². The fourth-order valence-corrected chi connectivity index (χ4v) is 1.84. The molecular weight excluding hydrogens is 206 g/mol. The van der Waals surface area contributed by atoms with E-state index in [1.165, 1.54) is 0 Å². The van der Waals surface area contributed by atoms with E-state index in [1.807, 2.05) is 0 Å². The Bertz CT molecular complexity index is 201. The van der Waals surface area contributed by atoms with Crippen molar-refractivity contribution in [1.82, 2.24) is 0 Å². The molecule has 0 radical (unpaired) electrons. The highest BCUT2D eigenvalue weighted by molar-refractivity contribution is 5.72. The van der Waals surface area contributed by atoms with Crippen LogP contribution in [0.25, 0.3) is 0 Å². The number of carbonyl (C=O) groups is 1. The Morgan fingerprint density at radius 3 is 2.40 bits per heavy atom. The lowest BCUT2D eigenvalue weighted by Gasteiger charge is -2.26. The molecule has 0 aromatic rings. The minimum Gasteiger partial charge on any atom is -0.466 e. The molecule has 0 heterocycles. The first-order chi connectivity index (χ1) is 7.13. The summed E-state index contributed by atoms with van der Waals surface area (Å²) in [6.07, 6.45) is 1.77. The van der Waals surface area contributed by atoms with Gasteiger partial charge in [0.05, 0.1) is 18.6 Å². The van der Waals surface area contributed by atoms with Crippen molar-refractivity contribution >= 4 is 5.97 Å². The van der Waals surface area contributed by atoms with Crippen LogP contribution in [0.1, 0.15) is 32.6 Å². The molecule has 1 rings (SSSR count). The van der Waals surface area contributed by atoms with E-state index in [4.69, 9.17) is 4.74 Å². The Morgan fingerprint density at radius 2 is 1.93 bits per heavy atom. The SMILES string of the molecule is CCOC(=O)[C@H]1CC[C@H](OC(F)F)CC1. The van der Waals surface area contributed by atoms with Crippen molar-refractivity contribution in [3.05, 3.63) is 0 Å². The molecule has 0 saturated heterocycles. The van der Waals surface area contributed by atoms with E-state index in [1.54, 1.807) is 6.92 Å². The number of hydrogen-bond donors (Lipinski definition) is 0. The minimum atomic E-state index is -2.71. The van der Waals surface area contributed by atoms with Crippen LogP contribution >= 0.6 is 0 Å². The smallest absolute Gasteiger partial charge is 0.345 e. The monoisotopic (exact) mass is 222 g/mol. The van der Waals surface area contributed by atoms with Gasteiger partial charge in [-0.25, -0.2) is 0 Å². The van der Waals surface area contributed by atoms with Gasteiger partial charge in [-0.3, -0.25) is 4.79 Å². The van der Waals surface area contributed by atoms with Gasteiger partial charge in [0.15, 0.2) is 0 Å². The number of rotatable bonds is 4. The number of alkyl halides is 2. The first-order valence-corrected chi connectivity index (χ1v) is 5.23. The fourth-order valence-electron chi connectivity index (χ4n) is 1.84. The molecule has 1 aliphatic carbocycles. The molecule has 1 fully saturated rings. The third-order valence-corrected chi connectivity index (χ3v) is 2.59. The number of hydrogen-bond acceptors (Lipinski definition) is 3. The Morgan fingerprint density at radius 1 is 1.33 bits per heavy atom. The van der Waals surface area contributed by atoms with Crippen LogP contribution in [0, 0.1) is 5.92 Å². The van der Waals surface area contributed by atoms with Crippen LogP contribution in [0.15, 0.2) is 0 Å². The summed E-state index contributed by atoms with van der Waals surface area (Å²) in [4.78, 5) is 11.3. The summed E-state index contributed by atoms with van der Waals surface area (Å²) in [5, 5.41) is 0.